The first kappa shape index (κ1) is 39.0. The van der Waals surface area contributed by atoms with E-state index in [0.717, 1.165) is 21.7 Å². The number of amides is 6. The lowest BCUT2D eigenvalue weighted by molar-refractivity contribution is -0.138. The summed E-state index contributed by atoms with van der Waals surface area (Å²) in [5, 5.41) is 14.3. The molecule has 6 amide bonds. The monoisotopic (exact) mass is 797 g/mol. The average molecular weight is 798 g/mol. The standard InChI is InChI=1S/C43H43N9O7/c53-36-14-13-35(39(55)49-36)51-41(57)31-7-4-8-33(37(31)42(51)58)44-21-25-59-26-22-45-38(54)29-11-9-27(10-12-29)32-15-19-46-43(48-32)50-23-17-30(18-24-50)40(56)52-34(16-20-47-52)28-5-2-1-3-6-28/h1-12,15,19-20,30,34-35,44H,13-14,16-18,21-26H2,(H,45,54)(H,49,53,55). The van der Waals surface area contributed by atoms with Crippen molar-refractivity contribution in [3.8, 4) is 11.3 Å². The molecule has 2 atom stereocenters. The van der Waals surface area contributed by atoms with Gasteiger partial charge in [-0.3, -0.25) is 39.0 Å². The number of fused-ring (bicyclic) bond motifs is 1. The number of piperidine rings is 2. The molecule has 3 N–H and O–H groups in total. The Balaban J connectivity index is 0.765. The van der Waals surface area contributed by atoms with Gasteiger partial charge in [-0.15, -0.1) is 0 Å². The summed E-state index contributed by atoms with van der Waals surface area (Å²) in [6.07, 6.45) is 5.74. The minimum Gasteiger partial charge on any atom is -0.382 e. The highest BCUT2D eigenvalue weighted by atomic mass is 16.5. The van der Waals surface area contributed by atoms with E-state index in [-0.39, 0.29) is 67.5 Å². The highest BCUT2D eigenvalue weighted by molar-refractivity contribution is 6.25. The molecule has 4 aliphatic rings. The topological polar surface area (TPSA) is 196 Å². The summed E-state index contributed by atoms with van der Waals surface area (Å²) in [5.41, 5.74) is 3.94. The lowest BCUT2D eigenvalue weighted by atomic mass is 9.94. The number of carbonyl (C=O) groups is 6. The van der Waals surface area contributed by atoms with Crippen LogP contribution in [0.25, 0.3) is 11.3 Å². The number of nitrogens with one attached hydrogen (secondary N) is 3. The normalized spacial score (nSPS) is 19.2. The molecule has 3 aromatic carbocycles. The molecule has 8 rings (SSSR count). The van der Waals surface area contributed by atoms with Gasteiger partial charge in [-0.25, -0.2) is 15.0 Å². The number of hydrogen-bond donors (Lipinski definition) is 3. The number of hydrogen-bond acceptors (Lipinski definition) is 12. The van der Waals surface area contributed by atoms with E-state index in [1.54, 1.807) is 35.5 Å². The van der Waals surface area contributed by atoms with Gasteiger partial charge in [-0.05, 0) is 55.2 Å². The SMILES string of the molecule is O=C1CCC(N2C(=O)c3cccc(NCCOCCNC(=O)c4ccc(-c5ccnc(N6CCC(C(=O)N7N=CCC7c7ccccc7)CC6)n5)cc4)c3C2=O)C(=O)N1. The number of hydrazone groups is 1. The molecule has 0 spiro atoms. The maximum Gasteiger partial charge on any atom is 0.264 e. The van der Waals surface area contributed by atoms with Crippen LogP contribution in [0.2, 0.25) is 0 Å². The van der Waals surface area contributed by atoms with Crippen molar-refractivity contribution in [1.82, 2.24) is 30.5 Å². The van der Waals surface area contributed by atoms with Gasteiger partial charge in [0.1, 0.15) is 6.04 Å². The van der Waals surface area contributed by atoms with E-state index in [1.807, 2.05) is 54.7 Å². The number of nitrogens with zero attached hydrogens (tertiary/aromatic N) is 6. The summed E-state index contributed by atoms with van der Waals surface area (Å²) in [4.78, 5) is 89.0. The number of ether oxygens (including phenoxy) is 1. The molecule has 1 aromatic heterocycles. The zero-order valence-electron chi connectivity index (χ0n) is 32.2. The van der Waals surface area contributed by atoms with Crippen LogP contribution in [0.3, 0.4) is 0 Å². The Morgan fingerprint density at radius 2 is 1.61 bits per heavy atom. The Kier molecular flexibility index (Phi) is 11.5. The molecule has 59 heavy (non-hydrogen) atoms. The maximum absolute atomic E-state index is 13.5. The van der Waals surface area contributed by atoms with E-state index >= 15 is 0 Å². The van der Waals surface area contributed by atoms with Crippen molar-refractivity contribution in [2.75, 3.05) is 49.6 Å². The van der Waals surface area contributed by atoms with E-state index in [0.29, 0.717) is 56.1 Å². The van der Waals surface area contributed by atoms with Crippen molar-refractivity contribution in [2.45, 2.75) is 44.2 Å². The third kappa shape index (κ3) is 8.30. The van der Waals surface area contributed by atoms with Crippen LogP contribution < -0.4 is 20.9 Å². The number of benzene rings is 3. The summed E-state index contributed by atoms with van der Waals surface area (Å²) in [7, 11) is 0. The molecule has 5 heterocycles. The van der Waals surface area contributed by atoms with Gasteiger partial charge in [-0.1, -0.05) is 48.5 Å². The van der Waals surface area contributed by atoms with Crippen molar-refractivity contribution in [3.63, 3.8) is 0 Å². The Labute approximate surface area is 340 Å². The minimum atomic E-state index is -1.04. The third-order valence-electron chi connectivity index (χ3n) is 11.0. The number of rotatable bonds is 13. The summed E-state index contributed by atoms with van der Waals surface area (Å²) >= 11 is 0. The molecule has 2 saturated heterocycles. The molecule has 0 bridgehead atoms. The highest BCUT2D eigenvalue weighted by Gasteiger charge is 2.45. The minimum absolute atomic E-state index is 0.0459. The third-order valence-corrected chi connectivity index (χ3v) is 11.0. The van der Waals surface area contributed by atoms with Crippen LogP contribution in [0.15, 0.2) is 90.2 Å². The van der Waals surface area contributed by atoms with E-state index in [2.05, 4.69) is 30.9 Å². The summed E-state index contributed by atoms with van der Waals surface area (Å²) in [6, 6.07) is 22.8. The molecule has 0 radical (unpaired) electrons. The molecule has 4 aliphatic heterocycles. The molecule has 2 unspecified atom stereocenters. The number of imide groups is 2. The summed E-state index contributed by atoms with van der Waals surface area (Å²) in [6.45, 7) is 2.39. The quantitative estimate of drug-likeness (QED) is 0.132. The largest absolute Gasteiger partial charge is 0.382 e. The number of aromatic nitrogens is 2. The van der Waals surface area contributed by atoms with Gasteiger partial charge in [0, 0.05) is 74.2 Å². The first-order valence-corrected chi connectivity index (χ1v) is 19.8. The molecule has 16 heteroatoms. The van der Waals surface area contributed by atoms with Crippen molar-refractivity contribution in [2.24, 2.45) is 11.0 Å². The molecular weight excluding hydrogens is 755 g/mol. The second kappa shape index (κ2) is 17.4. The molecular formula is C43H43N9O7. The fourth-order valence-electron chi connectivity index (χ4n) is 7.91. The van der Waals surface area contributed by atoms with E-state index in [9.17, 15) is 28.8 Å². The smallest absolute Gasteiger partial charge is 0.264 e. The second-order valence-electron chi connectivity index (χ2n) is 14.7. The maximum atomic E-state index is 13.5. The van der Waals surface area contributed by atoms with E-state index in [1.165, 1.54) is 6.07 Å². The highest BCUT2D eigenvalue weighted by Crippen LogP contribution is 2.34. The van der Waals surface area contributed by atoms with Crippen molar-refractivity contribution in [1.29, 1.82) is 0 Å². The van der Waals surface area contributed by atoms with Crippen molar-refractivity contribution >= 4 is 53.3 Å². The van der Waals surface area contributed by atoms with Crippen LogP contribution in [0.5, 0.6) is 0 Å². The van der Waals surface area contributed by atoms with E-state index < -0.39 is 29.7 Å². The van der Waals surface area contributed by atoms with Gasteiger partial charge in [0.25, 0.3) is 17.7 Å². The number of anilines is 2. The predicted octanol–water partition coefficient (Wildman–Crippen LogP) is 3.58. The Bertz CT molecular complexity index is 2290. The van der Waals surface area contributed by atoms with Crippen LogP contribution in [-0.4, -0.2) is 107 Å². The fraction of sp³-hybridized carbons (Fsp3) is 0.326. The van der Waals surface area contributed by atoms with Gasteiger partial charge in [0.05, 0.1) is 36.1 Å². The predicted molar refractivity (Wildman–Crippen MR) is 216 cm³/mol. The van der Waals surface area contributed by atoms with Gasteiger partial charge >= 0.3 is 0 Å². The number of carbonyl (C=O) groups excluding carboxylic acids is 6. The Hall–Kier alpha value is -6.81. The lowest BCUT2D eigenvalue weighted by Gasteiger charge is -2.33. The first-order valence-electron chi connectivity index (χ1n) is 19.8. The molecule has 0 aliphatic carbocycles. The summed E-state index contributed by atoms with van der Waals surface area (Å²) < 4.78 is 5.68. The van der Waals surface area contributed by atoms with Crippen LogP contribution in [0.4, 0.5) is 11.6 Å². The molecule has 302 valence electrons. The van der Waals surface area contributed by atoms with Gasteiger partial charge in [-0.2, -0.15) is 5.10 Å². The molecule has 16 nitrogen and oxygen atoms in total. The van der Waals surface area contributed by atoms with Crippen LogP contribution in [0, 0.1) is 5.92 Å². The van der Waals surface area contributed by atoms with Gasteiger partial charge in [0.15, 0.2) is 0 Å². The van der Waals surface area contributed by atoms with Crippen molar-refractivity contribution < 1.29 is 33.5 Å². The van der Waals surface area contributed by atoms with E-state index in [4.69, 9.17) is 9.72 Å². The van der Waals surface area contributed by atoms with Crippen LogP contribution in [-0.2, 0) is 19.1 Å². The lowest BCUT2D eigenvalue weighted by Crippen LogP contribution is -2.54. The second-order valence-corrected chi connectivity index (χ2v) is 14.7. The van der Waals surface area contributed by atoms with Gasteiger partial charge in [0.2, 0.25) is 23.7 Å². The zero-order valence-corrected chi connectivity index (χ0v) is 32.2. The Morgan fingerprint density at radius 1 is 0.831 bits per heavy atom. The zero-order chi connectivity index (χ0) is 40.9. The van der Waals surface area contributed by atoms with Crippen LogP contribution in [0.1, 0.15) is 74.8 Å². The molecule has 0 saturated carbocycles. The average Bonchev–Trinajstić information content (AvgIpc) is 3.86. The van der Waals surface area contributed by atoms with Gasteiger partial charge < -0.3 is 20.3 Å². The Morgan fingerprint density at radius 3 is 2.39 bits per heavy atom. The molecule has 4 aromatic rings. The molecule has 2 fully saturated rings. The van der Waals surface area contributed by atoms with Crippen molar-refractivity contribution in [3.05, 3.63) is 107 Å². The first-order chi connectivity index (χ1) is 28.8. The fourth-order valence-corrected chi connectivity index (χ4v) is 7.91. The van der Waals surface area contributed by atoms with Crippen LogP contribution >= 0.6 is 0 Å². The summed E-state index contributed by atoms with van der Waals surface area (Å²) in [5.74, 6) is -1.97.